The summed E-state index contributed by atoms with van der Waals surface area (Å²) in [6, 6.07) is 19.2. The highest BCUT2D eigenvalue weighted by Crippen LogP contribution is 2.23. The number of fused-ring (bicyclic) bond motifs is 1. The van der Waals surface area contributed by atoms with Crippen molar-refractivity contribution in [2.24, 2.45) is 0 Å². The number of benzene rings is 3. The number of aromatic nitrogens is 2. The van der Waals surface area contributed by atoms with E-state index in [2.05, 4.69) is 9.88 Å². The van der Waals surface area contributed by atoms with Gasteiger partial charge in [0.15, 0.2) is 6.61 Å². The van der Waals surface area contributed by atoms with Gasteiger partial charge in [-0.15, -0.1) is 0 Å². The fraction of sp³-hybridized carbons (Fsp3) is 0.286. The Kier molecular flexibility index (Phi) is 7.61. The minimum Gasteiger partial charge on any atom is -0.492 e. The Hall–Kier alpha value is -3.51. The van der Waals surface area contributed by atoms with E-state index in [0.29, 0.717) is 18.2 Å². The first-order chi connectivity index (χ1) is 16.8. The third kappa shape index (κ3) is 5.95. The molecule has 1 unspecified atom stereocenters. The lowest BCUT2D eigenvalue weighted by Crippen LogP contribution is -2.33. The standard InChI is InChI=1S/C28H30ClN3O3/c1-18-9-10-19(2)26(15-18)35-17-27(33)30-21(4)28-31-24-7-5-6-8-25(24)32(28)13-14-34-22-11-12-23(29)20(3)16-22/h5-12,15-16,21H,13-14,17H2,1-4H3,(H,30,33). The van der Waals surface area contributed by atoms with Crippen LogP contribution in [0.25, 0.3) is 11.0 Å². The SMILES string of the molecule is Cc1ccc(C)c(OCC(=O)NC(C)c2nc3ccccc3n2CCOc2ccc(Cl)c(C)c2)c1. The second kappa shape index (κ2) is 10.8. The molecule has 1 atom stereocenters. The lowest BCUT2D eigenvalue weighted by Gasteiger charge is -2.17. The predicted octanol–water partition coefficient (Wildman–Crippen LogP) is 5.95. The zero-order valence-electron chi connectivity index (χ0n) is 20.5. The molecule has 1 amide bonds. The molecule has 4 aromatic rings. The van der Waals surface area contributed by atoms with Gasteiger partial charge in [0, 0.05) is 5.02 Å². The van der Waals surface area contributed by atoms with Gasteiger partial charge in [-0.25, -0.2) is 4.98 Å². The van der Waals surface area contributed by atoms with Gasteiger partial charge in [0.25, 0.3) is 5.91 Å². The van der Waals surface area contributed by atoms with Crippen LogP contribution in [0.5, 0.6) is 11.5 Å². The molecule has 7 heteroatoms. The van der Waals surface area contributed by atoms with E-state index in [0.717, 1.165) is 45.0 Å². The number of ether oxygens (including phenoxy) is 2. The van der Waals surface area contributed by atoms with Crippen LogP contribution < -0.4 is 14.8 Å². The number of halogens is 1. The minimum absolute atomic E-state index is 0.0616. The van der Waals surface area contributed by atoms with Crippen molar-refractivity contribution in [1.82, 2.24) is 14.9 Å². The number of carbonyl (C=O) groups is 1. The highest BCUT2D eigenvalue weighted by molar-refractivity contribution is 6.31. The van der Waals surface area contributed by atoms with Crippen LogP contribution in [-0.2, 0) is 11.3 Å². The molecular weight excluding hydrogens is 462 g/mol. The zero-order valence-corrected chi connectivity index (χ0v) is 21.2. The van der Waals surface area contributed by atoms with Gasteiger partial charge < -0.3 is 19.4 Å². The predicted molar refractivity (Wildman–Crippen MR) is 139 cm³/mol. The van der Waals surface area contributed by atoms with Gasteiger partial charge in [0.05, 0.1) is 23.6 Å². The summed E-state index contributed by atoms with van der Waals surface area (Å²) >= 11 is 6.12. The second-order valence-corrected chi connectivity index (χ2v) is 9.12. The fourth-order valence-electron chi connectivity index (χ4n) is 3.98. The van der Waals surface area contributed by atoms with Crippen LogP contribution in [0.3, 0.4) is 0 Å². The molecule has 4 rings (SSSR count). The molecule has 0 bridgehead atoms. The topological polar surface area (TPSA) is 65.4 Å². The van der Waals surface area contributed by atoms with Crippen molar-refractivity contribution in [3.63, 3.8) is 0 Å². The number of nitrogens with zero attached hydrogens (tertiary/aromatic N) is 2. The van der Waals surface area contributed by atoms with E-state index in [9.17, 15) is 4.79 Å². The Balaban J connectivity index is 1.44. The zero-order chi connectivity index (χ0) is 24.9. The van der Waals surface area contributed by atoms with E-state index in [-0.39, 0.29) is 18.6 Å². The molecule has 35 heavy (non-hydrogen) atoms. The van der Waals surface area contributed by atoms with Gasteiger partial charge in [-0.05, 0) is 80.8 Å². The van der Waals surface area contributed by atoms with E-state index in [4.69, 9.17) is 26.1 Å². The van der Waals surface area contributed by atoms with E-state index < -0.39 is 0 Å². The van der Waals surface area contributed by atoms with Crippen molar-refractivity contribution in [2.45, 2.75) is 40.3 Å². The molecule has 0 aliphatic heterocycles. The molecule has 0 spiro atoms. The summed E-state index contributed by atoms with van der Waals surface area (Å²) < 4.78 is 13.8. The lowest BCUT2D eigenvalue weighted by molar-refractivity contribution is -0.123. The van der Waals surface area contributed by atoms with Gasteiger partial charge >= 0.3 is 0 Å². The molecule has 0 saturated carbocycles. The monoisotopic (exact) mass is 491 g/mol. The van der Waals surface area contributed by atoms with E-state index >= 15 is 0 Å². The molecule has 0 aliphatic rings. The summed E-state index contributed by atoms with van der Waals surface area (Å²) in [5.41, 5.74) is 4.92. The summed E-state index contributed by atoms with van der Waals surface area (Å²) in [6.07, 6.45) is 0. The first-order valence-corrected chi connectivity index (χ1v) is 12.0. The molecule has 0 radical (unpaired) electrons. The maximum Gasteiger partial charge on any atom is 0.258 e. The summed E-state index contributed by atoms with van der Waals surface area (Å²) in [7, 11) is 0. The number of imidazole rings is 1. The maximum atomic E-state index is 12.7. The molecule has 0 saturated heterocycles. The first-order valence-electron chi connectivity index (χ1n) is 11.7. The molecule has 6 nitrogen and oxygen atoms in total. The number of amides is 1. The Morgan fingerprint density at radius 1 is 1.03 bits per heavy atom. The summed E-state index contributed by atoms with van der Waals surface area (Å²) in [4.78, 5) is 17.5. The number of rotatable bonds is 9. The Labute approximate surface area is 210 Å². The Morgan fingerprint density at radius 2 is 1.83 bits per heavy atom. The van der Waals surface area contributed by atoms with Crippen molar-refractivity contribution in [1.29, 1.82) is 0 Å². The highest BCUT2D eigenvalue weighted by atomic mass is 35.5. The van der Waals surface area contributed by atoms with E-state index in [1.165, 1.54) is 0 Å². The molecule has 182 valence electrons. The molecule has 1 aromatic heterocycles. The number of aryl methyl sites for hydroxylation is 3. The fourth-order valence-corrected chi connectivity index (χ4v) is 4.09. The Bertz CT molecular complexity index is 1350. The van der Waals surface area contributed by atoms with Crippen LogP contribution in [0.2, 0.25) is 5.02 Å². The number of nitrogens with one attached hydrogen (secondary N) is 1. The quantitative estimate of drug-likeness (QED) is 0.314. The molecule has 0 fully saturated rings. The third-order valence-electron chi connectivity index (χ3n) is 5.86. The van der Waals surface area contributed by atoms with Gasteiger partial charge in [0.1, 0.15) is 23.9 Å². The van der Waals surface area contributed by atoms with Crippen LogP contribution in [0, 0.1) is 20.8 Å². The van der Waals surface area contributed by atoms with Crippen molar-refractivity contribution >= 4 is 28.5 Å². The maximum absolute atomic E-state index is 12.7. The van der Waals surface area contributed by atoms with Crippen LogP contribution in [-0.4, -0.2) is 28.7 Å². The van der Waals surface area contributed by atoms with Crippen molar-refractivity contribution in [3.8, 4) is 11.5 Å². The summed E-state index contributed by atoms with van der Waals surface area (Å²) in [5, 5.41) is 3.74. The summed E-state index contributed by atoms with van der Waals surface area (Å²) in [6.45, 7) is 8.80. The Morgan fingerprint density at radius 3 is 2.63 bits per heavy atom. The molecule has 1 N–H and O–H groups in total. The third-order valence-corrected chi connectivity index (χ3v) is 6.29. The number of hydrogen-bond donors (Lipinski definition) is 1. The highest BCUT2D eigenvalue weighted by Gasteiger charge is 2.19. The van der Waals surface area contributed by atoms with Gasteiger partial charge in [-0.3, -0.25) is 4.79 Å². The van der Waals surface area contributed by atoms with Crippen LogP contribution in [0.15, 0.2) is 60.7 Å². The number of hydrogen-bond acceptors (Lipinski definition) is 4. The van der Waals surface area contributed by atoms with Gasteiger partial charge in [0.2, 0.25) is 0 Å². The first kappa shape index (κ1) is 24.6. The van der Waals surface area contributed by atoms with Crippen LogP contribution in [0.4, 0.5) is 0 Å². The lowest BCUT2D eigenvalue weighted by atomic mass is 10.1. The number of para-hydroxylation sites is 2. The van der Waals surface area contributed by atoms with Gasteiger partial charge in [-0.2, -0.15) is 0 Å². The molecule has 1 heterocycles. The average molecular weight is 492 g/mol. The molecule has 3 aromatic carbocycles. The van der Waals surface area contributed by atoms with E-state index in [1.54, 1.807) is 0 Å². The normalized spacial score (nSPS) is 11.9. The van der Waals surface area contributed by atoms with Crippen LogP contribution >= 0.6 is 11.6 Å². The largest absolute Gasteiger partial charge is 0.492 e. The van der Waals surface area contributed by atoms with Gasteiger partial charge in [-0.1, -0.05) is 35.9 Å². The second-order valence-electron chi connectivity index (χ2n) is 8.72. The smallest absolute Gasteiger partial charge is 0.258 e. The number of carbonyl (C=O) groups excluding carboxylic acids is 1. The van der Waals surface area contributed by atoms with Crippen molar-refractivity contribution in [2.75, 3.05) is 13.2 Å². The van der Waals surface area contributed by atoms with Crippen LogP contribution in [0.1, 0.15) is 35.5 Å². The minimum atomic E-state index is -0.310. The van der Waals surface area contributed by atoms with Crippen molar-refractivity contribution < 1.29 is 14.3 Å². The average Bonchev–Trinajstić information content (AvgIpc) is 3.21. The van der Waals surface area contributed by atoms with Crippen molar-refractivity contribution in [3.05, 3.63) is 88.2 Å². The van der Waals surface area contributed by atoms with E-state index in [1.807, 2.05) is 88.4 Å². The molecule has 0 aliphatic carbocycles. The molecular formula is C28H30ClN3O3. The summed E-state index contributed by atoms with van der Waals surface area (Å²) in [5.74, 6) is 2.05.